The topological polar surface area (TPSA) is 21.3 Å². The highest BCUT2D eigenvalue weighted by Crippen LogP contribution is 2.37. The van der Waals surface area contributed by atoms with E-state index in [2.05, 4.69) is 43.2 Å². The summed E-state index contributed by atoms with van der Waals surface area (Å²) in [6, 6.07) is 7.22. The lowest BCUT2D eigenvalue weighted by Crippen LogP contribution is -2.21. The molecule has 0 fully saturated rings. The normalized spacial score (nSPS) is 12.4. The van der Waals surface area contributed by atoms with E-state index < -0.39 is 0 Å². The molecule has 1 N–H and O–H groups in total. The first-order valence-corrected chi connectivity index (χ1v) is 8.48. The molecular weight excluding hydrogens is 409 g/mol. The Kier molecular flexibility index (Phi) is 5.60. The van der Waals surface area contributed by atoms with Crippen LogP contribution in [0, 0.1) is 5.82 Å². The number of hydrogen-bond donors (Lipinski definition) is 1. The standard InChI is InChI=1S/C14H14Br2FNOS/c1-3-18-14(12-4-5-13(16)20-12)8-6-9(15)10(17)7-11(8)19-2/h4-7,14,18H,3H2,1-2H3. The van der Waals surface area contributed by atoms with Gasteiger partial charge in [0.15, 0.2) is 0 Å². The van der Waals surface area contributed by atoms with Gasteiger partial charge in [-0.25, -0.2) is 4.39 Å². The number of halogens is 3. The van der Waals surface area contributed by atoms with Gasteiger partial charge in [0.05, 0.1) is 21.4 Å². The minimum atomic E-state index is -0.326. The first kappa shape index (κ1) is 15.9. The Balaban J connectivity index is 2.51. The van der Waals surface area contributed by atoms with Crippen molar-refractivity contribution in [3.8, 4) is 5.75 Å². The molecule has 2 nitrogen and oxygen atoms in total. The second-order valence-corrected chi connectivity index (χ2v) is 7.49. The average molecular weight is 423 g/mol. The highest BCUT2D eigenvalue weighted by atomic mass is 79.9. The smallest absolute Gasteiger partial charge is 0.141 e. The lowest BCUT2D eigenvalue weighted by molar-refractivity contribution is 0.400. The minimum absolute atomic E-state index is 0.0249. The van der Waals surface area contributed by atoms with E-state index in [9.17, 15) is 4.39 Å². The molecule has 2 rings (SSSR count). The zero-order valence-electron chi connectivity index (χ0n) is 11.0. The van der Waals surface area contributed by atoms with Crippen LogP contribution in [0.3, 0.4) is 0 Å². The Bertz CT molecular complexity index is 603. The van der Waals surface area contributed by atoms with Crippen molar-refractivity contribution in [2.24, 2.45) is 0 Å². The molecule has 1 unspecified atom stereocenters. The van der Waals surface area contributed by atoms with E-state index in [1.165, 1.54) is 6.07 Å². The summed E-state index contributed by atoms with van der Waals surface area (Å²) in [5.74, 6) is 0.217. The summed E-state index contributed by atoms with van der Waals surface area (Å²) in [7, 11) is 1.56. The molecule has 0 bridgehead atoms. The largest absolute Gasteiger partial charge is 0.496 e. The Hall–Kier alpha value is -0.430. The molecule has 0 aliphatic heterocycles. The maximum absolute atomic E-state index is 13.6. The maximum Gasteiger partial charge on any atom is 0.141 e. The molecule has 1 aromatic heterocycles. The van der Waals surface area contributed by atoms with Crippen LogP contribution < -0.4 is 10.1 Å². The summed E-state index contributed by atoms with van der Waals surface area (Å²) in [5.41, 5.74) is 0.914. The van der Waals surface area contributed by atoms with Gasteiger partial charge in [0, 0.05) is 16.5 Å². The van der Waals surface area contributed by atoms with Crippen LogP contribution in [0.25, 0.3) is 0 Å². The van der Waals surface area contributed by atoms with Gasteiger partial charge < -0.3 is 10.1 Å². The van der Waals surface area contributed by atoms with Crippen molar-refractivity contribution in [3.05, 3.63) is 48.8 Å². The molecule has 20 heavy (non-hydrogen) atoms. The van der Waals surface area contributed by atoms with E-state index in [0.29, 0.717) is 10.2 Å². The zero-order chi connectivity index (χ0) is 14.7. The third kappa shape index (κ3) is 3.42. The van der Waals surface area contributed by atoms with Crippen LogP contribution in [-0.2, 0) is 0 Å². The Labute approximate surface area is 138 Å². The van der Waals surface area contributed by atoms with Gasteiger partial charge in [-0.05, 0) is 56.6 Å². The predicted octanol–water partition coefficient (Wildman–Crippen LogP) is 5.12. The lowest BCUT2D eigenvalue weighted by atomic mass is 10.0. The Morgan fingerprint density at radius 1 is 1.35 bits per heavy atom. The van der Waals surface area contributed by atoms with E-state index in [1.807, 2.05) is 13.0 Å². The molecule has 6 heteroatoms. The quantitative estimate of drug-likeness (QED) is 0.721. The molecule has 0 spiro atoms. The van der Waals surface area contributed by atoms with Crippen molar-refractivity contribution in [3.63, 3.8) is 0 Å². The fourth-order valence-corrected chi connectivity index (χ4v) is 3.88. The maximum atomic E-state index is 13.6. The molecule has 0 amide bonds. The molecule has 2 aromatic rings. The van der Waals surface area contributed by atoms with Gasteiger partial charge in [-0.15, -0.1) is 11.3 Å². The second-order valence-electron chi connectivity index (χ2n) is 4.14. The third-order valence-corrected chi connectivity index (χ3v) is 5.17. The van der Waals surface area contributed by atoms with E-state index in [0.717, 1.165) is 20.8 Å². The van der Waals surface area contributed by atoms with Gasteiger partial charge >= 0.3 is 0 Å². The van der Waals surface area contributed by atoms with Crippen LogP contribution in [0.15, 0.2) is 32.5 Å². The monoisotopic (exact) mass is 421 g/mol. The number of ether oxygens (including phenoxy) is 1. The lowest BCUT2D eigenvalue weighted by Gasteiger charge is -2.20. The molecule has 0 saturated carbocycles. The van der Waals surface area contributed by atoms with Crippen LogP contribution in [0.2, 0.25) is 0 Å². The van der Waals surface area contributed by atoms with Gasteiger partial charge in [-0.1, -0.05) is 6.92 Å². The molecule has 1 atom stereocenters. The number of methoxy groups -OCH3 is 1. The van der Waals surface area contributed by atoms with Crippen molar-refractivity contribution in [2.45, 2.75) is 13.0 Å². The van der Waals surface area contributed by atoms with E-state index in [-0.39, 0.29) is 11.9 Å². The SMILES string of the molecule is CCNC(c1ccc(Br)s1)c1cc(Br)c(F)cc1OC. The molecule has 1 aromatic carbocycles. The molecule has 0 aliphatic rings. The number of hydrogen-bond acceptors (Lipinski definition) is 3. The molecular formula is C14H14Br2FNOS. The number of nitrogens with one attached hydrogen (secondary N) is 1. The van der Waals surface area contributed by atoms with Crippen molar-refractivity contribution in [2.75, 3.05) is 13.7 Å². The number of rotatable bonds is 5. The summed E-state index contributed by atoms with van der Waals surface area (Å²) < 4.78 is 20.5. The van der Waals surface area contributed by atoms with Crippen molar-refractivity contribution in [1.29, 1.82) is 0 Å². The van der Waals surface area contributed by atoms with Crippen molar-refractivity contribution in [1.82, 2.24) is 5.32 Å². The minimum Gasteiger partial charge on any atom is -0.496 e. The van der Waals surface area contributed by atoms with Gasteiger partial charge in [-0.2, -0.15) is 0 Å². The van der Waals surface area contributed by atoms with Crippen LogP contribution in [0.1, 0.15) is 23.4 Å². The van der Waals surface area contributed by atoms with Crippen LogP contribution in [-0.4, -0.2) is 13.7 Å². The molecule has 0 saturated heterocycles. The van der Waals surface area contributed by atoms with Gasteiger partial charge in [0.2, 0.25) is 0 Å². The van der Waals surface area contributed by atoms with Gasteiger partial charge in [-0.3, -0.25) is 0 Å². The van der Waals surface area contributed by atoms with Crippen molar-refractivity contribution < 1.29 is 9.13 Å². The third-order valence-electron chi connectivity index (χ3n) is 2.87. The first-order chi connectivity index (χ1) is 9.56. The fourth-order valence-electron chi connectivity index (χ4n) is 2.00. The predicted molar refractivity (Wildman–Crippen MR) is 88.2 cm³/mol. The zero-order valence-corrected chi connectivity index (χ0v) is 15.0. The van der Waals surface area contributed by atoms with Crippen LogP contribution in [0.4, 0.5) is 4.39 Å². The van der Waals surface area contributed by atoms with Crippen molar-refractivity contribution >= 4 is 43.2 Å². The summed E-state index contributed by atoms with van der Waals surface area (Å²) in [5, 5.41) is 3.42. The molecule has 0 aliphatic carbocycles. The highest BCUT2D eigenvalue weighted by molar-refractivity contribution is 9.11. The summed E-state index contributed by atoms with van der Waals surface area (Å²) >= 11 is 8.37. The van der Waals surface area contributed by atoms with Gasteiger partial charge in [0.25, 0.3) is 0 Å². The van der Waals surface area contributed by atoms with Gasteiger partial charge in [0.1, 0.15) is 11.6 Å². The molecule has 108 valence electrons. The van der Waals surface area contributed by atoms with E-state index >= 15 is 0 Å². The molecule has 0 radical (unpaired) electrons. The van der Waals surface area contributed by atoms with E-state index in [1.54, 1.807) is 24.5 Å². The van der Waals surface area contributed by atoms with E-state index in [4.69, 9.17) is 4.74 Å². The second kappa shape index (κ2) is 7.02. The fraction of sp³-hybridized carbons (Fsp3) is 0.286. The van der Waals surface area contributed by atoms with Crippen LogP contribution in [0.5, 0.6) is 5.75 Å². The summed E-state index contributed by atoms with van der Waals surface area (Å²) in [4.78, 5) is 1.15. The first-order valence-electron chi connectivity index (χ1n) is 6.08. The molecule has 1 heterocycles. The number of thiophene rings is 1. The highest BCUT2D eigenvalue weighted by Gasteiger charge is 2.21. The summed E-state index contributed by atoms with van der Waals surface area (Å²) in [6.45, 7) is 2.85. The number of benzene rings is 1. The Morgan fingerprint density at radius 2 is 2.10 bits per heavy atom. The van der Waals surface area contributed by atoms with Crippen LogP contribution >= 0.6 is 43.2 Å². The summed E-state index contributed by atoms with van der Waals surface area (Å²) in [6.07, 6.45) is 0. The average Bonchev–Trinajstić information content (AvgIpc) is 2.85. The Morgan fingerprint density at radius 3 is 2.65 bits per heavy atom.